The number of aromatic nitrogens is 3. The molecule has 1 radical (unpaired) electrons. The highest BCUT2D eigenvalue weighted by Crippen LogP contribution is 2.38. The predicted octanol–water partition coefficient (Wildman–Crippen LogP) is 3.36. The molecule has 0 bridgehead atoms. The zero-order valence-electron chi connectivity index (χ0n) is 19.9. The Balaban J connectivity index is 1.69. The maximum atomic E-state index is 11.0. The molecule has 1 aromatic carbocycles. The Morgan fingerprint density at radius 3 is 2.30 bits per heavy atom. The average Bonchev–Trinajstić information content (AvgIpc) is 3.06. The summed E-state index contributed by atoms with van der Waals surface area (Å²) in [6, 6.07) is 4.39. The van der Waals surface area contributed by atoms with Gasteiger partial charge in [-0.25, -0.2) is 14.5 Å². The lowest BCUT2D eigenvalue weighted by Crippen LogP contribution is -2.35. The van der Waals surface area contributed by atoms with Gasteiger partial charge in [0.05, 0.1) is 17.7 Å². The summed E-state index contributed by atoms with van der Waals surface area (Å²) < 4.78 is 17.9. The maximum absolute atomic E-state index is 11.0. The number of phosphoric ester groups is 1. The van der Waals surface area contributed by atoms with Gasteiger partial charge in [-0.15, -0.1) is 0 Å². The van der Waals surface area contributed by atoms with Gasteiger partial charge in [-0.2, -0.15) is 0 Å². The van der Waals surface area contributed by atoms with Crippen LogP contribution in [0.15, 0.2) is 18.3 Å². The molecule has 3 heterocycles. The van der Waals surface area contributed by atoms with Gasteiger partial charge in [-0.3, -0.25) is 4.52 Å². The molecule has 1 saturated heterocycles. The van der Waals surface area contributed by atoms with Crippen LogP contribution in [-0.2, 0) is 9.09 Å². The number of hydrogen-bond donors (Lipinski definition) is 2. The van der Waals surface area contributed by atoms with Crippen molar-refractivity contribution in [2.75, 3.05) is 24.6 Å². The standard InChI is InChI=1S/C23H31BN4O4P/c1-14-10-19(24-5)11-15(2)21(14)28-12-16(3)20-22(25-17(4)26-23(20)28)27-8-6-18(7-9-27)13-32-33(29,30)31/h10-12,18H,6-9,13H2,1-5H3,(H2,29,30,31). The van der Waals surface area contributed by atoms with Crippen LogP contribution in [0.25, 0.3) is 16.7 Å². The number of fused-ring (bicyclic) bond motifs is 1. The fourth-order valence-electron chi connectivity index (χ4n) is 4.84. The van der Waals surface area contributed by atoms with Crippen LogP contribution in [0.3, 0.4) is 0 Å². The molecule has 0 amide bonds. The minimum absolute atomic E-state index is 0.0788. The minimum Gasteiger partial charge on any atom is -0.356 e. The SMILES string of the molecule is C[B]c1cc(C)c(-n2cc(C)c3c(N4CCC(COP(=O)(O)O)CC4)nc(C)nc32)c(C)c1. The van der Waals surface area contributed by atoms with Crippen LogP contribution in [0.5, 0.6) is 0 Å². The molecule has 0 unspecified atom stereocenters. The number of hydrogen-bond acceptors (Lipinski definition) is 5. The number of phosphoric acid groups is 1. The number of piperidine rings is 1. The molecule has 0 saturated carbocycles. The van der Waals surface area contributed by atoms with Crippen molar-refractivity contribution in [1.82, 2.24) is 14.5 Å². The summed E-state index contributed by atoms with van der Waals surface area (Å²) in [5.74, 6) is 1.77. The van der Waals surface area contributed by atoms with Crippen LogP contribution in [0.4, 0.5) is 5.82 Å². The molecule has 33 heavy (non-hydrogen) atoms. The van der Waals surface area contributed by atoms with Gasteiger partial charge in [0.15, 0.2) is 5.65 Å². The first-order chi connectivity index (χ1) is 15.6. The molecule has 8 nitrogen and oxygen atoms in total. The van der Waals surface area contributed by atoms with Crippen LogP contribution in [-0.4, -0.2) is 51.3 Å². The predicted molar refractivity (Wildman–Crippen MR) is 132 cm³/mol. The van der Waals surface area contributed by atoms with Crippen molar-refractivity contribution in [3.05, 3.63) is 40.8 Å². The highest BCUT2D eigenvalue weighted by atomic mass is 31.2. The summed E-state index contributed by atoms with van der Waals surface area (Å²) in [6.07, 6.45) is 3.72. The molecule has 0 atom stereocenters. The van der Waals surface area contributed by atoms with Gasteiger partial charge in [0, 0.05) is 19.3 Å². The molecule has 4 rings (SSSR count). The van der Waals surface area contributed by atoms with Crippen molar-refractivity contribution < 1.29 is 18.9 Å². The number of rotatable bonds is 6. The second kappa shape index (κ2) is 9.22. The molecule has 1 aliphatic rings. The molecule has 0 spiro atoms. The van der Waals surface area contributed by atoms with Crippen LogP contribution in [0, 0.1) is 33.6 Å². The lowest BCUT2D eigenvalue weighted by Gasteiger charge is -2.33. The molecule has 0 aliphatic carbocycles. The highest BCUT2D eigenvalue weighted by molar-refractivity contribution is 7.46. The summed E-state index contributed by atoms with van der Waals surface area (Å²) in [5, 5.41) is 1.05. The van der Waals surface area contributed by atoms with E-state index in [1.54, 1.807) is 0 Å². The van der Waals surface area contributed by atoms with Crippen LogP contribution < -0.4 is 10.4 Å². The third-order valence-electron chi connectivity index (χ3n) is 6.41. The molecule has 2 N–H and O–H groups in total. The van der Waals surface area contributed by atoms with E-state index in [-0.39, 0.29) is 12.5 Å². The van der Waals surface area contributed by atoms with Crippen molar-refractivity contribution in [2.45, 2.75) is 47.4 Å². The summed E-state index contributed by atoms with van der Waals surface area (Å²) in [6.45, 7) is 11.9. The fraction of sp³-hybridized carbons (Fsp3) is 0.478. The lowest BCUT2D eigenvalue weighted by atomic mass is 9.72. The van der Waals surface area contributed by atoms with Gasteiger partial charge in [0.1, 0.15) is 18.9 Å². The number of benzene rings is 1. The van der Waals surface area contributed by atoms with Crippen LogP contribution in [0.1, 0.15) is 35.4 Å². The van der Waals surface area contributed by atoms with Crippen molar-refractivity contribution in [1.29, 1.82) is 0 Å². The molecule has 175 valence electrons. The van der Waals surface area contributed by atoms with Gasteiger partial charge in [0.25, 0.3) is 0 Å². The van der Waals surface area contributed by atoms with Crippen LogP contribution >= 0.6 is 7.82 Å². The van der Waals surface area contributed by atoms with E-state index in [1.165, 1.54) is 16.6 Å². The molecular formula is C23H31BN4O4P. The topological polar surface area (TPSA) is 101 Å². The third kappa shape index (κ3) is 5.02. The molecule has 2 aromatic heterocycles. The van der Waals surface area contributed by atoms with Gasteiger partial charge in [-0.1, -0.05) is 24.4 Å². The summed E-state index contributed by atoms with van der Waals surface area (Å²) in [7, 11) is -2.32. The first-order valence-electron chi connectivity index (χ1n) is 11.3. The maximum Gasteiger partial charge on any atom is 0.469 e. The van der Waals surface area contributed by atoms with E-state index in [0.717, 1.165) is 59.9 Å². The Morgan fingerprint density at radius 1 is 1.09 bits per heavy atom. The monoisotopic (exact) mass is 469 g/mol. The first-order valence-corrected chi connectivity index (χ1v) is 12.8. The molecular weight excluding hydrogens is 438 g/mol. The third-order valence-corrected chi connectivity index (χ3v) is 6.89. The summed E-state index contributed by atoms with van der Waals surface area (Å²) >= 11 is 0. The zero-order valence-corrected chi connectivity index (χ0v) is 20.8. The van der Waals surface area contributed by atoms with Gasteiger partial charge < -0.3 is 19.3 Å². The van der Waals surface area contributed by atoms with Crippen molar-refractivity contribution >= 4 is 37.4 Å². The Morgan fingerprint density at radius 2 is 1.73 bits per heavy atom. The number of anilines is 1. The highest BCUT2D eigenvalue weighted by Gasteiger charge is 2.26. The van der Waals surface area contributed by atoms with Gasteiger partial charge in [0.2, 0.25) is 0 Å². The number of nitrogens with zero attached hydrogens (tertiary/aromatic N) is 4. The van der Waals surface area contributed by atoms with E-state index < -0.39 is 7.82 Å². The largest absolute Gasteiger partial charge is 0.469 e. The molecule has 3 aromatic rings. The van der Waals surface area contributed by atoms with E-state index in [0.29, 0.717) is 0 Å². The lowest BCUT2D eigenvalue weighted by molar-refractivity contribution is 0.156. The van der Waals surface area contributed by atoms with Crippen LogP contribution in [0.2, 0.25) is 6.82 Å². The van der Waals surface area contributed by atoms with Gasteiger partial charge in [-0.05, 0) is 63.1 Å². The molecule has 1 fully saturated rings. The Hall–Kier alpha value is -2.19. The number of aryl methyl sites for hydroxylation is 4. The van der Waals surface area contributed by atoms with Crippen molar-refractivity contribution in [3.8, 4) is 5.69 Å². The second-order valence-electron chi connectivity index (χ2n) is 8.98. The summed E-state index contributed by atoms with van der Waals surface area (Å²) in [4.78, 5) is 29.9. The van der Waals surface area contributed by atoms with E-state index in [9.17, 15) is 4.57 Å². The zero-order chi connectivity index (χ0) is 23.9. The minimum atomic E-state index is -4.43. The normalized spacial score (nSPS) is 15.4. The van der Waals surface area contributed by atoms with Gasteiger partial charge >= 0.3 is 7.82 Å². The van der Waals surface area contributed by atoms with E-state index in [2.05, 4.69) is 55.8 Å². The smallest absolute Gasteiger partial charge is 0.356 e. The Kier molecular flexibility index (Phi) is 6.69. The van der Waals surface area contributed by atoms with E-state index in [1.807, 2.05) is 13.7 Å². The van der Waals surface area contributed by atoms with E-state index >= 15 is 0 Å². The molecule has 1 aliphatic heterocycles. The Labute approximate surface area is 195 Å². The van der Waals surface area contributed by atoms with Crippen molar-refractivity contribution in [3.63, 3.8) is 0 Å². The van der Waals surface area contributed by atoms with E-state index in [4.69, 9.17) is 24.3 Å². The Bertz CT molecular complexity index is 1210. The summed E-state index contributed by atoms with van der Waals surface area (Å²) in [5.41, 5.74) is 6.78. The average molecular weight is 469 g/mol. The van der Waals surface area contributed by atoms with Crippen molar-refractivity contribution in [2.24, 2.45) is 5.92 Å². The fourth-order valence-corrected chi connectivity index (χ4v) is 5.24. The first kappa shape index (κ1) is 24.0. The molecule has 10 heteroatoms. The second-order valence-corrected chi connectivity index (χ2v) is 10.2. The quantitative estimate of drug-likeness (QED) is 0.422.